The van der Waals surface area contributed by atoms with Crippen LogP contribution in [-0.2, 0) is 0 Å². The highest BCUT2D eigenvalue weighted by Gasteiger charge is 2.15. The van der Waals surface area contributed by atoms with Crippen LogP contribution >= 0.6 is 0 Å². The third-order valence-electron chi connectivity index (χ3n) is 2.61. The molecule has 2 aromatic rings. The van der Waals surface area contributed by atoms with E-state index in [1.54, 1.807) is 12.4 Å². The molecule has 0 saturated heterocycles. The van der Waals surface area contributed by atoms with Crippen LogP contribution in [0.5, 0.6) is 0 Å². The molecule has 0 atom stereocenters. The van der Waals surface area contributed by atoms with E-state index in [1.165, 1.54) is 0 Å². The molecule has 0 radical (unpaired) electrons. The summed E-state index contributed by atoms with van der Waals surface area (Å²) in [5.41, 5.74) is 6.64. The fraction of sp³-hybridized carbons (Fsp3) is 0.455. The van der Waals surface area contributed by atoms with E-state index < -0.39 is 0 Å². The number of aromatic nitrogens is 3. The zero-order valence-corrected chi connectivity index (χ0v) is 9.88. The number of fused-ring (bicyclic) bond motifs is 1. The first-order valence-corrected chi connectivity index (χ1v) is 5.49. The van der Waals surface area contributed by atoms with E-state index >= 15 is 0 Å². The summed E-state index contributed by atoms with van der Waals surface area (Å²) in [6.45, 7) is 7.25. The molecule has 0 fully saturated rings. The lowest BCUT2D eigenvalue weighted by atomic mass is 10.3. The Kier molecular flexibility index (Phi) is 2.68. The SMILES string of the molecule is CCN(c1nc(N)cn2ccnc12)C(C)C. The van der Waals surface area contributed by atoms with E-state index in [4.69, 9.17) is 5.73 Å². The molecule has 0 amide bonds. The van der Waals surface area contributed by atoms with Crippen molar-refractivity contribution >= 4 is 17.3 Å². The number of nitrogen functional groups attached to an aromatic ring is 1. The second kappa shape index (κ2) is 4.00. The van der Waals surface area contributed by atoms with Crippen LogP contribution in [-0.4, -0.2) is 27.0 Å². The number of nitrogens with zero attached hydrogens (tertiary/aromatic N) is 4. The van der Waals surface area contributed by atoms with Crippen molar-refractivity contribution in [3.05, 3.63) is 18.6 Å². The molecule has 5 nitrogen and oxygen atoms in total. The van der Waals surface area contributed by atoms with Crippen LogP contribution in [0.15, 0.2) is 18.6 Å². The van der Waals surface area contributed by atoms with Crippen LogP contribution < -0.4 is 10.6 Å². The minimum Gasteiger partial charge on any atom is -0.382 e. The first kappa shape index (κ1) is 10.7. The van der Waals surface area contributed by atoms with E-state index in [9.17, 15) is 0 Å². The van der Waals surface area contributed by atoms with E-state index in [0.717, 1.165) is 18.0 Å². The summed E-state index contributed by atoms with van der Waals surface area (Å²) in [6, 6.07) is 0.375. The average Bonchev–Trinajstić information content (AvgIpc) is 2.65. The van der Waals surface area contributed by atoms with Gasteiger partial charge in [0.1, 0.15) is 5.82 Å². The molecule has 2 aromatic heterocycles. The van der Waals surface area contributed by atoms with E-state index in [1.807, 2.05) is 10.6 Å². The Morgan fingerprint density at radius 2 is 2.25 bits per heavy atom. The van der Waals surface area contributed by atoms with Crippen LogP contribution in [0.2, 0.25) is 0 Å². The second-order valence-corrected chi connectivity index (χ2v) is 4.03. The molecule has 0 aromatic carbocycles. The van der Waals surface area contributed by atoms with Crippen molar-refractivity contribution in [3.63, 3.8) is 0 Å². The van der Waals surface area contributed by atoms with E-state index in [2.05, 4.69) is 35.6 Å². The predicted molar refractivity (Wildman–Crippen MR) is 65.6 cm³/mol. The molecule has 86 valence electrons. The highest BCUT2D eigenvalue weighted by molar-refractivity contribution is 5.66. The summed E-state index contributed by atoms with van der Waals surface area (Å²) in [5.74, 6) is 1.36. The third kappa shape index (κ3) is 1.68. The Hall–Kier alpha value is -1.78. The Balaban J connectivity index is 2.61. The Bertz CT molecular complexity index is 488. The van der Waals surface area contributed by atoms with Crippen molar-refractivity contribution in [1.29, 1.82) is 0 Å². The topological polar surface area (TPSA) is 59.5 Å². The Labute approximate surface area is 94.9 Å². The van der Waals surface area contributed by atoms with Crippen LogP contribution in [0.3, 0.4) is 0 Å². The first-order chi connectivity index (χ1) is 7.63. The molecule has 16 heavy (non-hydrogen) atoms. The fourth-order valence-corrected chi connectivity index (χ4v) is 1.89. The highest BCUT2D eigenvalue weighted by atomic mass is 15.2. The van der Waals surface area contributed by atoms with Crippen LogP contribution in [0, 0.1) is 0 Å². The van der Waals surface area contributed by atoms with Gasteiger partial charge in [0.2, 0.25) is 0 Å². The lowest BCUT2D eigenvalue weighted by molar-refractivity contribution is 0.694. The smallest absolute Gasteiger partial charge is 0.180 e. The van der Waals surface area contributed by atoms with Gasteiger partial charge in [0.15, 0.2) is 11.5 Å². The maximum atomic E-state index is 5.79. The van der Waals surface area contributed by atoms with Gasteiger partial charge in [0.05, 0.1) is 6.20 Å². The molecule has 0 saturated carbocycles. The summed E-state index contributed by atoms with van der Waals surface area (Å²) in [7, 11) is 0. The fourth-order valence-electron chi connectivity index (χ4n) is 1.89. The highest BCUT2D eigenvalue weighted by Crippen LogP contribution is 2.21. The summed E-state index contributed by atoms with van der Waals surface area (Å²) in [5, 5.41) is 0. The normalized spacial score (nSPS) is 11.2. The van der Waals surface area contributed by atoms with Crippen molar-refractivity contribution in [3.8, 4) is 0 Å². The van der Waals surface area contributed by atoms with Gasteiger partial charge in [-0.3, -0.25) is 0 Å². The number of nitrogens with two attached hydrogens (primary N) is 1. The van der Waals surface area contributed by atoms with E-state index in [0.29, 0.717) is 11.9 Å². The van der Waals surface area contributed by atoms with Gasteiger partial charge in [-0.2, -0.15) is 0 Å². The van der Waals surface area contributed by atoms with Gasteiger partial charge in [-0.25, -0.2) is 9.97 Å². The molecular formula is C11H17N5. The monoisotopic (exact) mass is 219 g/mol. The molecule has 5 heteroatoms. The van der Waals surface area contributed by atoms with Crippen LogP contribution in [0.1, 0.15) is 20.8 Å². The largest absolute Gasteiger partial charge is 0.382 e. The van der Waals surface area contributed by atoms with Crippen molar-refractivity contribution < 1.29 is 0 Å². The van der Waals surface area contributed by atoms with Crippen molar-refractivity contribution in [2.45, 2.75) is 26.8 Å². The zero-order valence-electron chi connectivity index (χ0n) is 9.88. The standard InChI is InChI=1S/C11H17N5/c1-4-16(8(2)3)11-10-13-5-6-15(10)7-9(12)14-11/h5-8H,4,12H2,1-3H3. The molecule has 2 rings (SSSR count). The number of imidazole rings is 1. The predicted octanol–water partition coefficient (Wildman–Crippen LogP) is 1.55. The Morgan fingerprint density at radius 1 is 1.50 bits per heavy atom. The molecule has 0 bridgehead atoms. The van der Waals surface area contributed by atoms with Gasteiger partial charge in [-0.15, -0.1) is 0 Å². The quantitative estimate of drug-likeness (QED) is 0.850. The third-order valence-corrected chi connectivity index (χ3v) is 2.61. The molecular weight excluding hydrogens is 202 g/mol. The van der Waals surface area contributed by atoms with Gasteiger partial charge < -0.3 is 15.0 Å². The summed E-state index contributed by atoms with van der Waals surface area (Å²) < 4.78 is 1.91. The number of hydrogen-bond donors (Lipinski definition) is 1. The minimum absolute atomic E-state index is 0.375. The lowest BCUT2D eigenvalue weighted by Crippen LogP contribution is -2.31. The van der Waals surface area contributed by atoms with Crippen molar-refractivity contribution in [2.24, 2.45) is 0 Å². The van der Waals surface area contributed by atoms with Gasteiger partial charge in [-0.1, -0.05) is 0 Å². The summed E-state index contributed by atoms with van der Waals surface area (Å²) in [6.07, 6.45) is 5.42. The molecule has 0 aliphatic carbocycles. The van der Waals surface area contributed by atoms with Crippen LogP contribution in [0.25, 0.3) is 5.65 Å². The molecule has 0 aliphatic rings. The van der Waals surface area contributed by atoms with Crippen molar-refractivity contribution in [1.82, 2.24) is 14.4 Å². The lowest BCUT2D eigenvalue weighted by Gasteiger charge is -2.26. The summed E-state index contributed by atoms with van der Waals surface area (Å²) in [4.78, 5) is 10.9. The molecule has 0 aliphatic heterocycles. The molecule has 0 unspecified atom stereocenters. The van der Waals surface area contributed by atoms with E-state index in [-0.39, 0.29) is 0 Å². The first-order valence-electron chi connectivity index (χ1n) is 5.49. The molecule has 0 spiro atoms. The van der Waals surface area contributed by atoms with Crippen LogP contribution in [0.4, 0.5) is 11.6 Å². The summed E-state index contributed by atoms with van der Waals surface area (Å²) >= 11 is 0. The number of hydrogen-bond acceptors (Lipinski definition) is 4. The maximum absolute atomic E-state index is 5.79. The van der Waals surface area contributed by atoms with Gasteiger partial charge >= 0.3 is 0 Å². The van der Waals surface area contributed by atoms with Gasteiger partial charge in [0, 0.05) is 25.0 Å². The molecule has 2 N–H and O–H groups in total. The number of rotatable bonds is 3. The number of anilines is 2. The van der Waals surface area contributed by atoms with Crippen molar-refractivity contribution in [2.75, 3.05) is 17.2 Å². The van der Waals surface area contributed by atoms with Gasteiger partial charge in [-0.05, 0) is 20.8 Å². The second-order valence-electron chi connectivity index (χ2n) is 4.03. The zero-order chi connectivity index (χ0) is 11.7. The molecule has 2 heterocycles. The maximum Gasteiger partial charge on any atom is 0.180 e. The van der Waals surface area contributed by atoms with Gasteiger partial charge in [0.25, 0.3) is 0 Å². The Morgan fingerprint density at radius 3 is 2.88 bits per heavy atom. The minimum atomic E-state index is 0.375. The average molecular weight is 219 g/mol.